The van der Waals surface area contributed by atoms with E-state index in [9.17, 15) is 0 Å². The van der Waals surface area contributed by atoms with Crippen LogP contribution in [0.15, 0.2) is 24.4 Å². The summed E-state index contributed by atoms with van der Waals surface area (Å²) in [4.78, 5) is 4.31. The molecule has 2 rings (SSSR count). The van der Waals surface area contributed by atoms with Gasteiger partial charge in [0, 0.05) is 5.69 Å². The number of ether oxygens (including phenoxy) is 1. The molecule has 0 unspecified atom stereocenters. The van der Waals surface area contributed by atoms with E-state index in [4.69, 9.17) is 10.5 Å². The smallest absolute Gasteiger partial charge is 0.133 e. The molecule has 0 fully saturated rings. The van der Waals surface area contributed by atoms with Crippen molar-refractivity contribution in [2.45, 2.75) is 20.8 Å². The summed E-state index contributed by atoms with van der Waals surface area (Å²) in [5, 5.41) is 3.31. The minimum Gasteiger partial charge on any atom is -0.496 e. The Balaban J connectivity index is 2.33. The van der Waals surface area contributed by atoms with Gasteiger partial charge in [-0.15, -0.1) is 0 Å². The molecule has 0 atom stereocenters. The van der Waals surface area contributed by atoms with E-state index in [1.807, 2.05) is 39.0 Å². The number of nitrogens with two attached hydrogens (primary N) is 1. The van der Waals surface area contributed by atoms with Crippen molar-refractivity contribution < 1.29 is 4.74 Å². The Labute approximate surface area is 113 Å². The lowest BCUT2D eigenvalue weighted by Crippen LogP contribution is -2.00. The zero-order valence-electron chi connectivity index (χ0n) is 11.7. The molecule has 0 spiro atoms. The van der Waals surface area contributed by atoms with E-state index < -0.39 is 0 Å². The summed E-state index contributed by atoms with van der Waals surface area (Å²) in [6, 6.07) is 5.99. The summed E-state index contributed by atoms with van der Waals surface area (Å²) in [7, 11) is 1.69. The minimum absolute atomic E-state index is 0.671. The second-order valence-corrected chi connectivity index (χ2v) is 4.70. The van der Waals surface area contributed by atoms with Crippen LogP contribution in [0.2, 0.25) is 0 Å². The van der Waals surface area contributed by atoms with Gasteiger partial charge < -0.3 is 15.8 Å². The average molecular weight is 257 g/mol. The van der Waals surface area contributed by atoms with Crippen LogP contribution in [0.3, 0.4) is 0 Å². The molecule has 0 aliphatic rings. The van der Waals surface area contributed by atoms with E-state index in [0.29, 0.717) is 5.69 Å². The fraction of sp³-hybridized carbons (Fsp3) is 0.267. The van der Waals surface area contributed by atoms with E-state index in [2.05, 4.69) is 10.3 Å². The van der Waals surface area contributed by atoms with E-state index in [0.717, 1.165) is 33.9 Å². The molecule has 0 amide bonds. The second-order valence-electron chi connectivity index (χ2n) is 4.70. The summed E-state index contributed by atoms with van der Waals surface area (Å²) in [5.74, 6) is 1.74. The predicted molar refractivity (Wildman–Crippen MR) is 79.1 cm³/mol. The number of hydrogen-bond acceptors (Lipinski definition) is 4. The standard InChI is InChI=1S/C15H19N3O/c1-9-6-13(7-10(2)14(9)19-4)18-15-11(3)5-12(16)8-17-15/h5-8H,16H2,1-4H3,(H,17,18). The number of hydrogen-bond donors (Lipinski definition) is 2. The third-order valence-electron chi connectivity index (χ3n) is 3.03. The van der Waals surface area contributed by atoms with Gasteiger partial charge in [0.25, 0.3) is 0 Å². The molecule has 0 radical (unpaired) electrons. The average Bonchev–Trinajstić information content (AvgIpc) is 2.32. The number of nitrogens with one attached hydrogen (secondary N) is 1. The Bertz CT molecular complexity index is 585. The van der Waals surface area contributed by atoms with Crippen molar-refractivity contribution in [2.75, 3.05) is 18.2 Å². The zero-order chi connectivity index (χ0) is 14.0. The van der Waals surface area contributed by atoms with Gasteiger partial charge in [-0.2, -0.15) is 0 Å². The molecular formula is C15H19N3O. The number of nitrogens with zero attached hydrogens (tertiary/aromatic N) is 1. The van der Waals surface area contributed by atoms with Crippen molar-refractivity contribution in [3.05, 3.63) is 41.1 Å². The van der Waals surface area contributed by atoms with Crippen molar-refractivity contribution in [2.24, 2.45) is 0 Å². The monoisotopic (exact) mass is 257 g/mol. The number of nitrogen functional groups attached to an aromatic ring is 1. The lowest BCUT2D eigenvalue weighted by Gasteiger charge is -2.13. The molecule has 19 heavy (non-hydrogen) atoms. The molecule has 0 aliphatic heterocycles. The summed E-state index contributed by atoms with van der Waals surface area (Å²) < 4.78 is 5.36. The van der Waals surface area contributed by atoms with Gasteiger partial charge in [0.2, 0.25) is 0 Å². The number of pyridine rings is 1. The molecule has 1 aromatic heterocycles. The normalized spacial score (nSPS) is 10.3. The SMILES string of the molecule is COc1c(C)cc(Nc2ncc(N)cc2C)cc1C. The lowest BCUT2D eigenvalue weighted by atomic mass is 10.1. The van der Waals surface area contributed by atoms with Gasteiger partial charge in [0.05, 0.1) is 19.0 Å². The van der Waals surface area contributed by atoms with Crippen LogP contribution < -0.4 is 15.8 Å². The highest BCUT2D eigenvalue weighted by molar-refractivity contribution is 5.64. The van der Waals surface area contributed by atoms with Gasteiger partial charge in [-0.25, -0.2) is 4.98 Å². The third-order valence-corrected chi connectivity index (χ3v) is 3.03. The lowest BCUT2D eigenvalue weighted by molar-refractivity contribution is 0.408. The first kappa shape index (κ1) is 13.2. The fourth-order valence-electron chi connectivity index (χ4n) is 2.21. The van der Waals surface area contributed by atoms with Crippen LogP contribution in [0.1, 0.15) is 16.7 Å². The molecule has 0 aliphatic carbocycles. The Morgan fingerprint density at radius 3 is 2.21 bits per heavy atom. The number of methoxy groups -OCH3 is 1. The zero-order valence-corrected chi connectivity index (χ0v) is 11.7. The number of benzene rings is 1. The van der Waals surface area contributed by atoms with Gasteiger partial charge in [-0.1, -0.05) is 0 Å². The maximum atomic E-state index is 5.70. The second kappa shape index (κ2) is 5.18. The maximum absolute atomic E-state index is 5.70. The quantitative estimate of drug-likeness (QED) is 0.885. The summed E-state index contributed by atoms with van der Waals surface area (Å²) in [6.45, 7) is 6.04. The molecule has 1 aromatic carbocycles. The molecule has 0 saturated carbocycles. The van der Waals surface area contributed by atoms with Gasteiger partial charge in [0.1, 0.15) is 11.6 Å². The van der Waals surface area contributed by atoms with Crippen LogP contribution in [-0.2, 0) is 0 Å². The molecule has 4 nitrogen and oxygen atoms in total. The number of rotatable bonds is 3. The van der Waals surface area contributed by atoms with Crippen molar-refractivity contribution in [3.63, 3.8) is 0 Å². The number of aryl methyl sites for hydroxylation is 3. The molecule has 100 valence electrons. The van der Waals surface area contributed by atoms with Crippen LogP contribution in [-0.4, -0.2) is 12.1 Å². The van der Waals surface area contributed by atoms with Crippen LogP contribution in [0.5, 0.6) is 5.75 Å². The van der Waals surface area contributed by atoms with Gasteiger partial charge in [0.15, 0.2) is 0 Å². The number of aromatic nitrogens is 1. The Morgan fingerprint density at radius 1 is 1.05 bits per heavy atom. The van der Waals surface area contributed by atoms with E-state index in [-0.39, 0.29) is 0 Å². The predicted octanol–water partition coefficient (Wildman–Crippen LogP) is 3.34. The Morgan fingerprint density at radius 2 is 1.68 bits per heavy atom. The molecule has 0 bridgehead atoms. The molecule has 3 N–H and O–H groups in total. The van der Waals surface area contributed by atoms with Crippen LogP contribution >= 0.6 is 0 Å². The van der Waals surface area contributed by atoms with E-state index >= 15 is 0 Å². The first-order chi connectivity index (χ1) is 9.01. The van der Waals surface area contributed by atoms with E-state index in [1.54, 1.807) is 13.3 Å². The van der Waals surface area contributed by atoms with Crippen molar-refractivity contribution in [1.29, 1.82) is 0 Å². The highest BCUT2D eigenvalue weighted by Crippen LogP contribution is 2.28. The summed E-state index contributed by atoms with van der Waals surface area (Å²) in [5.41, 5.74) is 10.6. The largest absolute Gasteiger partial charge is 0.496 e. The number of anilines is 3. The van der Waals surface area contributed by atoms with Gasteiger partial charge in [-0.05, 0) is 55.7 Å². The van der Waals surface area contributed by atoms with Crippen LogP contribution in [0, 0.1) is 20.8 Å². The van der Waals surface area contributed by atoms with Crippen LogP contribution in [0.25, 0.3) is 0 Å². The van der Waals surface area contributed by atoms with Gasteiger partial charge in [-0.3, -0.25) is 0 Å². The Kier molecular flexibility index (Phi) is 3.60. The van der Waals surface area contributed by atoms with Gasteiger partial charge >= 0.3 is 0 Å². The first-order valence-electron chi connectivity index (χ1n) is 6.15. The summed E-state index contributed by atoms with van der Waals surface area (Å²) in [6.07, 6.45) is 1.65. The molecular weight excluding hydrogens is 238 g/mol. The molecule has 4 heteroatoms. The maximum Gasteiger partial charge on any atom is 0.133 e. The third kappa shape index (κ3) is 2.78. The summed E-state index contributed by atoms with van der Waals surface area (Å²) >= 11 is 0. The minimum atomic E-state index is 0.671. The highest BCUT2D eigenvalue weighted by atomic mass is 16.5. The molecule has 2 aromatic rings. The Hall–Kier alpha value is -2.23. The van der Waals surface area contributed by atoms with Crippen molar-refractivity contribution in [3.8, 4) is 5.75 Å². The van der Waals surface area contributed by atoms with E-state index in [1.165, 1.54) is 0 Å². The van der Waals surface area contributed by atoms with Crippen LogP contribution in [0.4, 0.5) is 17.2 Å². The van der Waals surface area contributed by atoms with Crippen molar-refractivity contribution in [1.82, 2.24) is 4.98 Å². The molecule has 0 saturated heterocycles. The fourth-order valence-corrected chi connectivity index (χ4v) is 2.21. The first-order valence-corrected chi connectivity index (χ1v) is 6.15. The topological polar surface area (TPSA) is 60.2 Å². The van der Waals surface area contributed by atoms with Crippen molar-refractivity contribution >= 4 is 17.2 Å². The highest BCUT2D eigenvalue weighted by Gasteiger charge is 2.07. The molecule has 1 heterocycles.